The average molecular weight is 995 g/mol. The predicted molar refractivity (Wildman–Crippen MR) is 297 cm³/mol. The minimum atomic E-state index is -1.07. The summed E-state index contributed by atoms with van der Waals surface area (Å²) in [5.74, 6) is 1.35. The lowest BCUT2D eigenvalue weighted by Gasteiger charge is -2.16. The molecule has 0 unspecified atom stereocenters. The lowest BCUT2D eigenvalue weighted by molar-refractivity contribution is -0.157. The zero-order chi connectivity index (χ0) is 51.2. The van der Waals surface area contributed by atoms with Crippen LogP contribution in [0.25, 0.3) is 0 Å². The van der Waals surface area contributed by atoms with Gasteiger partial charge in [0.05, 0.1) is 51.0 Å². The molecule has 392 valence electrons. The zero-order valence-corrected chi connectivity index (χ0v) is 43.9. The Bertz CT molecular complexity index is 2120. The van der Waals surface area contributed by atoms with Crippen molar-refractivity contribution < 1.29 is 38.0 Å². The molecular formula is C63H82N2O8. The Kier molecular flexibility index (Phi) is 28.7. The topological polar surface area (TPSA) is 114 Å². The summed E-state index contributed by atoms with van der Waals surface area (Å²) in [4.78, 5) is 35.5. The molecule has 10 heteroatoms. The van der Waals surface area contributed by atoms with Crippen molar-refractivity contribution in [3.8, 4) is 23.0 Å². The van der Waals surface area contributed by atoms with Crippen LogP contribution in [0.5, 0.6) is 23.0 Å². The Morgan fingerprint density at radius 1 is 0.370 bits per heavy atom. The molecule has 5 rings (SSSR count). The first-order valence-electron chi connectivity index (χ1n) is 27.4. The van der Waals surface area contributed by atoms with Gasteiger partial charge in [-0.25, -0.2) is 0 Å². The van der Waals surface area contributed by atoms with E-state index in [1.54, 1.807) is 12.1 Å². The molecule has 0 aliphatic rings. The molecule has 0 aliphatic carbocycles. The maximum Gasteiger partial charge on any atom is 0.324 e. The number of rotatable bonds is 39. The van der Waals surface area contributed by atoms with Gasteiger partial charge in [-0.15, -0.1) is 0 Å². The molecule has 0 saturated heterocycles. The molecule has 5 aromatic carbocycles. The lowest BCUT2D eigenvalue weighted by atomic mass is 9.99. The highest BCUT2D eigenvalue weighted by Crippen LogP contribution is 2.23. The molecule has 0 radical (unpaired) electrons. The average Bonchev–Trinajstić information content (AvgIpc) is 3.42. The van der Waals surface area contributed by atoms with Gasteiger partial charge in [0.2, 0.25) is 0 Å². The van der Waals surface area contributed by atoms with Crippen LogP contribution in [0.3, 0.4) is 0 Å². The van der Waals surface area contributed by atoms with Gasteiger partial charge in [0.15, 0.2) is 5.92 Å². The van der Waals surface area contributed by atoms with Crippen molar-refractivity contribution in [2.45, 2.75) is 148 Å². The van der Waals surface area contributed by atoms with E-state index >= 15 is 0 Å². The molecule has 0 heterocycles. The van der Waals surface area contributed by atoms with Crippen molar-refractivity contribution in [2.24, 2.45) is 9.98 Å². The van der Waals surface area contributed by atoms with Gasteiger partial charge in [-0.05, 0) is 152 Å². The third-order valence-electron chi connectivity index (χ3n) is 12.4. The second-order valence-electron chi connectivity index (χ2n) is 18.6. The summed E-state index contributed by atoms with van der Waals surface area (Å²) in [5.41, 5.74) is 4.42. The number of hydrogen-bond donors (Lipinski definition) is 0. The fourth-order valence-corrected chi connectivity index (χ4v) is 7.96. The van der Waals surface area contributed by atoms with Gasteiger partial charge in [0.25, 0.3) is 0 Å². The molecule has 0 N–H and O–H groups in total. The van der Waals surface area contributed by atoms with Crippen molar-refractivity contribution in [3.63, 3.8) is 0 Å². The van der Waals surface area contributed by atoms with Crippen LogP contribution >= 0.6 is 0 Å². The number of unbranched alkanes of at least 4 members (excludes halogenated alkanes) is 16. The third kappa shape index (κ3) is 24.7. The third-order valence-corrected chi connectivity index (χ3v) is 12.4. The highest BCUT2D eigenvalue weighted by atomic mass is 16.6. The summed E-state index contributed by atoms with van der Waals surface area (Å²) in [7, 11) is 0. The Labute approximate surface area is 436 Å². The Hall–Kier alpha value is -6.42. The van der Waals surface area contributed by atoms with Crippen LogP contribution in [0.2, 0.25) is 0 Å². The maximum atomic E-state index is 13.2. The van der Waals surface area contributed by atoms with Crippen molar-refractivity contribution >= 4 is 35.7 Å². The number of ether oxygens (including phenoxy) is 6. The van der Waals surface area contributed by atoms with Gasteiger partial charge in [0.1, 0.15) is 23.0 Å². The Morgan fingerprint density at radius 2 is 0.671 bits per heavy atom. The SMILES string of the molecule is CCCCOc1ccc(N=Cc2ccc(OCCCCCCCCCCOC(=O)C(C(=O)OCCCCCCCCCCOc3ccc(C=Nc4ccc(OCCCC)cc4)cc3)c3ccccc3)cc2)cc1. The molecule has 73 heavy (non-hydrogen) atoms. The van der Waals surface area contributed by atoms with Gasteiger partial charge in [0, 0.05) is 12.4 Å². The van der Waals surface area contributed by atoms with Gasteiger partial charge in [-0.3, -0.25) is 19.6 Å². The smallest absolute Gasteiger partial charge is 0.324 e. The fourth-order valence-electron chi connectivity index (χ4n) is 7.96. The van der Waals surface area contributed by atoms with E-state index in [2.05, 4.69) is 23.8 Å². The number of hydrogen-bond acceptors (Lipinski definition) is 10. The first-order chi connectivity index (χ1) is 36.0. The van der Waals surface area contributed by atoms with Crippen molar-refractivity contribution in [1.82, 2.24) is 0 Å². The molecule has 0 amide bonds. The number of benzene rings is 5. The summed E-state index contributed by atoms with van der Waals surface area (Å²) < 4.78 is 34.7. The number of carbonyl (C=O) groups excluding carboxylic acids is 2. The first kappa shape index (κ1) is 57.5. The molecule has 5 aromatic rings. The quantitative estimate of drug-likeness (QED) is 0.0165. The molecular weight excluding hydrogens is 913 g/mol. The fraction of sp³-hybridized carbons (Fsp3) is 0.460. The first-order valence-corrected chi connectivity index (χ1v) is 27.4. The number of carbonyl (C=O) groups is 2. The van der Waals surface area contributed by atoms with Crippen LogP contribution in [0.15, 0.2) is 137 Å². The van der Waals surface area contributed by atoms with Crippen LogP contribution in [-0.2, 0) is 19.1 Å². The van der Waals surface area contributed by atoms with E-state index in [4.69, 9.17) is 28.4 Å². The maximum absolute atomic E-state index is 13.2. The molecule has 0 atom stereocenters. The molecule has 0 aromatic heterocycles. The summed E-state index contributed by atoms with van der Waals surface area (Å²) in [6, 6.07) is 40.9. The minimum absolute atomic E-state index is 0.299. The lowest BCUT2D eigenvalue weighted by Crippen LogP contribution is -2.26. The summed E-state index contributed by atoms with van der Waals surface area (Å²) >= 11 is 0. The minimum Gasteiger partial charge on any atom is -0.494 e. The zero-order valence-electron chi connectivity index (χ0n) is 43.9. The van der Waals surface area contributed by atoms with Gasteiger partial charge in [-0.1, -0.05) is 134 Å². The largest absolute Gasteiger partial charge is 0.494 e. The normalized spacial score (nSPS) is 11.7. The molecule has 0 aliphatic heterocycles. The van der Waals surface area contributed by atoms with Crippen LogP contribution in [0, 0.1) is 0 Å². The number of nitrogens with zero attached hydrogens (tertiary/aromatic N) is 2. The highest BCUT2D eigenvalue weighted by molar-refractivity contribution is 6.00. The van der Waals surface area contributed by atoms with Gasteiger partial charge >= 0.3 is 11.9 Å². The van der Waals surface area contributed by atoms with Crippen LogP contribution < -0.4 is 18.9 Å². The van der Waals surface area contributed by atoms with Gasteiger partial charge < -0.3 is 28.4 Å². The summed E-state index contributed by atoms with van der Waals surface area (Å²) in [6.07, 6.45) is 25.0. The second kappa shape index (κ2) is 36.5. The van der Waals surface area contributed by atoms with E-state index in [0.29, 0.717) is 32.0 Å². The predicted octanol–water partition coefficient (Wildman–Crippen LogP) is 16.1. The Balaban J connectivity index is 0.823. The Morgan fingerprint density at radius 3 is 1.01 bits per heavy atom. The van der Waals surface area contributed by atoms with Crippen molar-refractivity contribution in [1.29, 1.82) is 0 Å². The number of aliphatic imine (C=N–C) groups is 2. The van der Waals surface area contributed by atoms with E-state index in [1.165, 1.54) is 25.7 Å². The highest BCUT2D eigenvalue weighted by Gasteiger charge is 2.31. The van der Waals surface area contributed by atoms with E-state index < -0.39 is 17.9 Å². The molecule has 10 nitrogen and oxygen atoms in total. The van der Waals surface area contributed by atoms with E-state index in [9.17, 15) is 9.59 Å². The molecule has 0 bridgehead atoms. The van der Waals surface area contributed by atoms with Crippen molar-refractivity contribution in [2.75, 3.05) is 39.6 Å². The summed E-state index contributed by atoms with van der Waals surface area (Å²) in [6.45, 7) is 7.79. The molecule has 0 saturated carbocycles. The summed E-state index contributed by atoms with van der Waals surface area (Å²) in [5, 5.41) is 0. The van der Waals surface area contributed by atoms with Gasteiger partial charge in [-0.2, -0.15) is 0 Å². The van der Waals surface area contributed by atoms with Crippen LogP contribution in [-0.4, -0.2) is 64.0 Å². The van der Waals surface area contributed by atoms with E-state index in [-0.39, 0.29) is 0 Å². The molecule has 0 spiro atoms. The monoisotopic (exact) mass is 995 g/mol. The molecule has 0 fully saturated rings. The van der Waals surface area contributed by atoms with E-state index in [0.717, 1.165) is 161 Å². The number of esters is 2. The van der Waals surface area contributed by atoms with Crippen LogP contribution in [0.1, 0.15) is 165 Å². The standard InChI is InChI=1S/C63H82N2O8/c1-3-5-44-68-59-40-32-55(33-41-59)64-50-52-28-36-57(37-29-52)70-46-22-15-11-7-9-13-17-24-48-72-62(66)61(54-26-20-19-21-27-54)63(67)73-49-25-18-14-10-8-12-16-23-47-71-58-38-30-53(31-39-58)51-65-56-34-42-60(43-35-56)69-45-6-4-2/h19-21,26-43,50-51,61H,3-18,22-25,44-49H2,1-2H3. The second-order valence-corrected chi connectivity index (χ2v) is 18.6. The van der Waals surface area contributed by atoms with E-state index in [1.807, 2.05) is 128 Å². The van der Waals surface area contributed by atoms with Crippen molar-refractivity contribution in [3.05, 3.63) is 144 Å². The van der Waals surface area contributed by atoms with Crippen LogP contribution in [0.4, 0.5) is 11.4 Å².